The van der Waals surface area contributed by atoms with Crippen molar-refractivity contribution in [2.45, 2.75) is 76.3 Å². The number of hydrogen-bond donors (Lipinski definition) is 1. The van der Waals surface area contributed by atoms with E-state index in [1.54, 1.807) is 26.2 Å². The number of rotatable bonds is 7. The van der Waals surface area contributed by atoms with Crippen molar-refractivity contribution >= 4 is 9.84 Å². The standard InChI is InChI=1S/C30H40N2O3S/c1-6-36(33,34)24-19-25(29(35-5)26(20-24)30(2,3)4)27-17-16-23(31-27)21-32-18-12-8-11-15-28(32)22-13-9-7-10-14-22/h7,9-10,13-14,16-17,19-20,28,31H,6,8,11-12,15,18,21H2,1-5H3/t28-/m1/s1. The monoisotopic (exact) mass is 508 g/mol. The minimum atomic E-state index is -3.37. The quantitative estimate of drug-likeness (QED) is 0.377. The largest absolute Gasteiger partial charge is 0.496 e. The maximum absolute atomic E-state index is 12.9. The molecule has 1 aliphatic rings. The predicted molar refractivity (Wildman–Crippen MR) is 147 cm³/mol. The molecule has 3 aromatic rings. The number of sulfone groups is 1. The van der Waals surface area contributed by atoms with Gasteiger partial charge in [-0.25, -0.2) is 8.42 Å². The molecule has 0 unspecified atom stereocenters. The predicted octanol–water partition coefficient (Wildman–Crippen LogP) is 6.90. The minimum absolute atomic E-state index is 0.0637. The molecule has 5 nitrogen and oxygen atoms in total. The summed E-state index contributed by atoms with van der Waals surface area (Å²) >= 11 is 0. The summed E-state index contributed by atoms with van der Waals surface area (Å²) < 4.78 is 31.6. The van der Waals surface area contributed by atoms with Gasteiger partial charge >= 0.3 is 0 Å². The fraction of sp³-hybridized carbons (Fsp3) is 0.467. The number of H-pyrrole nitrogens is 1. The van der Waals surface area contributed by atoms with Gasteiger partial charge < -0.3 is 9.72 Å². The third kappa shape index (κ3) is 5.70. The second kappa shape index (κ2) is 10.8. The first-order valence-corrected chi connectivity index (χ1v) is 14.7. The number of nitrogens with one attached hydrogen (secondary N) is 1. The highest BCUT2D eigenvalue weighted by molar-refractivity contribution is 7.91. The molecule has 2 aromatic carbocycles. The number of hydrogen-bond acceptors (Lipinski definition) is 4. The highest BCUT2D eigenvalue weighted by Crippen LogP contribution is 2.41. The smallest absolute Gasteiger partial charge is 0.178 e. The minimum Gasteiger partial charge on any atom is -0.496 e. The number of nitrogens with zero attached hydrogens (tertiary/aromatic N) is 1. The van der Waals surface area contributed by atoms with Crippen LogP contribution < -0.4 is 4.74 Å². The van der Waals surface area contributed by atoms with E-state index in [9.17, 15) is 8.42 Å². The molecule has 0 bridgehead atoms. The summed E-state index contributed by atoms with van der Waals surface area (Å²) in [5.41, 5.74) is 4.78. The highest BCUT2D eigenvalue weighted by Gasteiger charge is 2.27. The molecular weight excluding hydrogens is 468 g/mol. The molecule has 4 rings (SSSR count). The zero-order chi connectivity index (χ0) is 25.9. The summed E-state index contributed by atoms with van der Waals surface area (Å²) in [5.74, 6) is 0.789. The lowest BCUT2D eigenvalue weighted by molar-refractivity contribution is 0.190. The van der Waals surface area contributed by atoms with Crippen molar-refractivity contribution in [3.63, 3.8) is 0 Å². The van der Waals surface area contributed by atoms with Crippen LogP contribution in [-0.4, -0.2) is 37.7 Å². The number of benzene rings is 2. The van der Waals surface area contributed by atoms with Crippen molar-refractivity contribution in [1.29, 1.82) is 0 Å². The van der Waals surface area contributed by atoms with E-state index in [4.69, 9.17) is 4.74 Å². The molecule has 36 heavy (non-hydrogen) atoms. The average molecular weight is 509 g/mol. The van der Waals surface area contributed by atoms with Crippen molar-refractivity contribution in [3.8, 4) is 17.0 Å². The molecule has 0 saturated carbocycles. The number of likely N-dealkylation sites (tertiary alicyclic amines) is 1. The Morgan fingerprint density at radius 1 is 1.03 bits per heavy atom. The summed E-state index contributed by atoms with van der Waals surface area (Å²) in [5, 5.41) is 0. The zero-order valence-corrected chi connectivity index (χ0v) is 23.1. The van der Waals surface area contributed by atoms with Crippen LogP contribution in [0.2, 0.25) is 0 Å². The Hall–Kier alpha value is -2.57. The molecule has 2 heterocycles. The highest BCUT2D eigenvalue weighted by atomic mass is 32.2. The Bertz CT molecular complexity index is 1270. The lowest BCUT2D eigenvalue weighted by Gasteiger charge is -2.30. The van der Waals surface area contributed by atoms with Gasteiger partial charge in [-0.2, -0.15) is 0 Å². The van der Waals surface area contributed by atoms with Gasteiger partial charge in [0.15, 0.2) is 9.84 Å². The number of ether oxygens (including phenoxy) is 1. The van der Waals surface area contributed by atoms with Crippen LogP contribution >= 0.6 is 0 Å². The number of aromatic nitrogens is 1. The van der Waals surface area contributed by atoms with Crippen molar-refractivity contribution in [2.75, 3.05) is 19.4 Å². The van der Waals surface area contributed by atoms with E-state index in [0.29, 0.717) is 10.9 Å². The van der Waals surface area contributed by atoms with Gasteiger partial charge in [-0.15, -0.1) is 0 Å². The Morgan fingerprint density at radius 3 is 2.44 bits per heavy atom. The molecule has 0 amide bonds. The number of methoxy groups -OCH3 is 1. The van der Waals surface area contributed by atoms with E-state index >= 15 is 0 Å². The van der Waals surface area contributed by atoms with Crippen molar-refractivity contribution in [1.82, 2.24) is 9.88 Å². The van der Waals surface area contributed by atoms with Crippen LogP contribution in [0.15, 0.2) is 59.5 Å². The fourth-order valence-electron chi connectivity index (χ4n) is 5.24. The summed E-state index contributed by atoms with van der Waals surface area (Å²) in [6.07, 6.45) is 4.88. The third-order valence-corrected chi connectivity index (χ3v) is 8.99. The van der Waals surface area contributed by atoms with E-state index in [2.05, 4.69) is 73.1 Å². The normalized spacial score (nSPS) is 17.6. The van der Waals surface area contributed by atoms with E-state index in [-0.39, 0.29) is 11.2 Å². The first kappa shape index (κ1) is 26.5. The Morgan fingerprint density at radius 2 is 1.78 bits per heavy atom. The van der Waals surface area contributed by atoms with Crippen molar-refractivity contribution < 1.29 is 13.2 Å². The van der Waals surface area contributed by atoms with Crippen molar-refractivity contribution in [3.05, 3.63) is 71.4 Å². The van der Waals surface area contributed by atoms with Crippen LogP contribution in [0, 0.1) is 0 Å². The van der Waals surface area contributed by atoms with Gasteiger partial charge in [-0.3, -0.25) is 4.90 Å². The van der Waals surface area contributed by atoms with Crippen LogP contribution in [0.3, 0.4) is 0 Å². The van der Waals surface area contributed by atoms with Gasteiger partial charge in [0.25, 0.3) is 0 Å². The van der Waals surface area contributed by atoms with Crippen LogP contribution in [0.1, 0.15) is 76.2 Å². The van der Waals surface area contributed by atoms with E-state index in [0.717, 1.165) is 47.8 Å². The molecule has 1 saturated heterocycles. The molecule has 194 valence electrons. The summed E-state index contributed by atoms with van der Waals surface area (Å²) in [7, 11) is -1.71. The molecule has 1 fully saturated rings. The van der Waals surface area contributed by atoms with Crippen LogP contribution in [0.4, 0.5) is 0 Å². The molecule has 1 atom stereocenters. The Labute approximate surface area is 216 Å². The molecule has 0 aliphatic carbocycles. The zero-order valence-electron chi connectivity index (χ0n) is 22.3. The van der Waals surface area contributed by atoms with E-state index < -0.39 is 9.84 Å². The van der Waals surface area contributed by atoms with Gasteiger partial charge in [0.05, 0.1) is 17.8 Å². The average Bonchev–Trinajstić information content (AvgIpc) is 3.20. The van der Waals surface area contributed by atoms with Gasteiger partial charge in [-0.1, -0.05) is 70.9 Å². The van der Waals surface area contributed by atoms with E-state index in [1.165, 1.54) is 24.8 Å². The topological polar surface area (TPSA) is 62.4 Å². The lowest BCUT2D eigenvalue weighted by atomic mass is 9.85. The maximum Gasteiger partial charge on any atom is 0.178 e. The second-order valence-corrected chi connectivity index (χ2v) is 13.1. The molecule has 1 N–H and O–H groups in total. The molecule has 6 heteroatoms. The first-order chi connectivity index (χ1) is 17.1. The third-order valence-electron chi connectivity index (χ3n) is 7.27. The molecule has 1 aliphatic heterocycles. The van der Waals surface area contributed by atoms with Crippen LogP contribution in [0.25, 0.3) is 11.3 Å². The maximum atomic E-state index is 12.9. The summed E-state index contributed by atoms with van der Waals surface area (Å²) in [6.45, 7) is 9.82. The fourth-order valence-corrected chi connectivity index (χ4v) is 6.17. The molecular formula is C30H40N2O3S. The van der Waals surface area contributed by atoms with Crippen LogP contribution in [0.5, 0.6) is 5.75 Å². The second-order valence-electron chi connectivity index (χ2n) is 10.8. The first-order valence-electron chi connectivity index (χ1n) is 13.1. The Kier molecular flexibility index (Phi) is 7.96. The molecule has 1 aromatic heterocycles. The van der Waals surface area contributed by atoms with Gasteiger partial charge in [0.1, 0.15) is 5.75 Å². The van der Waals surface area contributed by atoms with Gasteiger partial charge in [-0.05, 0) is 54.6 Å². The van der Waals surface area contributed by atoms with Gasteiger partial charge in [0, 0.05) is 35.1 Å². The van der Waals surface area contributed by atoms with Crippen LogP contribution in [-0.2, 0) is 21.8 Å². The summed E-state index contributed by atoms with van der Waals surface area (Å²) in [6, 6.07) is 18.9. The SMILES string of the molecule is CCS(=O)(=O)c1cc(-c2ccc(CN3CCCCC[C@@H]3c3ccccc3)[nH]2)c(OC)c(C(C)(C)C)c1. The summed E-state index contributed by atoms with van der Waals surface area (Å²) in [4.78, 5) is 6.53. The Balaban J connectivity index is 1.72. The molecule has 0 radical (unpaired) electrons. The van der Waals surface area contributed by atoms with Gasteiger partial charge in [0.2, 0.25) is 0 Å². The lowest BCUT2D eigenvalue weighted by Crippen LogP contribution is -2.28. The van der Waals surface area contributed by atoms with E-state index in [1.807, 2.05) is 0 Å². The molecule has 0 spiro atoms. The van der Waals surface area contributed by atoms with Crippen molar-refractivity contribution in [2.24, 2.45) is 0 Å². The number of aromatic amines is 1.